The normalized spacial score (nSPS) is 34.5. The Balaban J connectivity index is 1.69. The van der Waals surface area contributed by atoms with Crippen LogP contribution >= 0.6 is 0 Å². The van der Waals surface area contributed by atoms with Gasteiger partial charge in [-0.1, -0.05) is 18.2 Å². The van der Waals surface area contributed by atoms with Crippen LogP contribution in [-0.4, -0.2) is 55.5 Å². The molecule has 0 unspecified atom stereocenters. The molecule has 6 heteroatoms. The maximum atomic E-state index is 13.8. The number of nitrogens with zero attached hydrogens (tertiary/aromatic N) is 2. The standard InChI is InChI=1S/C20H26N4O2/c25-18-16-13-14-5-3-11-24(14)20(16)15-6-1-2-7-17(15)23(19(20)26)12-10-21-8-4-9-22-18/h1-2,6-7,14,16,21H,3-5,8-13H2,(H,22,25)/t14-,16+,20+/m0/s1. The molecule has 2 bridgehead atoms. The molecule has 0 aromatic heterocycles. The lowest BCUT2D eigenvalue weighted by atomic mass is 9.78. The summed E-state index contributed by atoms with van der Waals surface area (Å²) in [5.74, 6) is -0.144. The maximum absolute atomic E-state index is 13.8. The summed E-state index contributed by atoms with van der Waals surface area (Å²) in [7, 11) is 0. The first-order chi connectivity index (χ1) is 12.7. The summed E-state index contributed by atoms with van der Waals surface area (Å²) in [6.07, 6.45) is 3.90. The monoisotopic (exact) mass is 354 g/mol. The van der Waals surface area contributed by atoms with Gasteiger partial charge in [-0.2, -0.15) is 0 Å². The molecular formula is C20H26N4O2. The first kappa shape index (κ1) is 16.3. The van der Waals surface area contributed by atoms with Crippen molar-refractivity contribution in [1.29, 1.82) is 0 Å². The summed E-state index contributed by atoms with van der Waals surface area (Å²) in [4.78, 5) is 31.3. The molecule has 138 valence electrons. The zero-order valence-corrected chi connectivity index (χ0v) is 15.0. The molecule has 5 rings (SSSR count). The third-order valence-electron chi connectivity index (χ3n) is 6.68. The summed E-state index contributed by atoms with van der Waals surface area (Å²) in [6.45, 7) is 3.86. The molecule has 2 N–H and O–H groups in total. The van der Waals surface area contributed by atoms with Crippen LogP contribution in [0.15, 0.2) is 24.3 Å². The Morgan fingerprint density at radius 1 is 1.04 bits per heavy atom. The largest absolute Gasteiger partial charge is 0.356 e. The Kier molecular flexibility index (Phi) is 3.79. The lowest BCUT2D eigenvalue weighted by Crippen LogP contribution is -2.57. The van der Waals surface area contributed by atoms with Gasteiger partial charge >= 0.3 is 0 Å². The maximum Gasteiger partial charge on any atom is 0.253 e. The van der Waals surface area contributed by atoms with Crippen LogP contribution in [0.1, 0.15) is 31.2 Å². The lowest BCUT2D eigenvalue weighted by molar-refractivity contribution is -0.138. The number of anilines is 1. The average molecular weight is 354 g/mol. The summed E-state index contributed by atoms with van der Waals surface area (Å²) in [5.41, 5.74) is 1.22. The molecule has 4 aliphatic rings. The number of nitrogens with one attached hydrogen (secondary N) is 2. The van der Waals surface area contributed by atoms with Crippen molar-refractivity contribution < 1.29 is 9.59 Å². The quantitative estimate of drug-likeness (QED) is 0.724. The summed E-state index contributed by atoms with van der Waals surface area (Å²) >= 11 is 0. The number of hydrogen-bond donors (Lipinski definition) is 2. The highest BCUT2D eigenvalue weighted by atomic mass is 16.2. The minimum Gasteiger partial charge on any atom is -0.356 e. The van der Waals surface area contributed by atoms with Crippen molar-refractivity contribution in [3.05, 3.63) is 29.8 Å². The van der Waals surface area contributed by atoms with Gasteiger partial charge in [0.05, 0.1) is 5.92 Å². The van der Waals surface area contributed by atoms with Crippen molar-refractivity contribution in [1.82, 2.24) is 15.5 Å². The van der Waals surface area contributed by atoms with Gasteiger partial charge in [-0.05, 0) is 44.8 Å². The molecule has 3 saturated heterocycles. The highest BCUT2D eigenvalue weighted by Crippen LogP contribution is 2.56. The number of benzene rings is 1. The molecule has 3 fully saturated rings. The van der Waals surface area contributed by atoms with E-state index in [4.69, 9.17) is 0 Å². The molecule has 26 heavy (non-hydrogen) atoms. The Morgan fingerprint density at radius 3 is 2.85 bits per heavy atom. The minimum atomic E-state index is -0.805. The number of amides is 2. The van der Waals surface area contributed by atoms with Crippen molar-refractivity contribution in [2.24, 2.45) is 5.92 Å². The van der Waals surface area contributed by atoms with Gasteiger partial charge in [-0.15, -0.1) is 0 Å². The second-order valence-electron chi connectivity index (χ2n) is 7.91. The van der Waals surface area contributed by atoms with Crippen LogP contribution in [0.5, 0.6) is 0 Å². The summed E-state index contributed by atoms with van der Waals surface area (Å²) < 4.78 is 0. The van der Waals surface area contributed by atoms with E-state index in [0.717, 1.165) is 56.6 Å². The zero-order valence-electron chi connectivity index (χ0n) is 15.0. The Hall–Kier alpha value is -1.92. The number of fused-ring (bicyclic) bond motifs is 4. The minimum absolute atomic E-state index is 0.0463. The molecule has 1 spiro atoms. The van der Waals surface area contributed by atoms with Gasteiger partial charge in [-0.3, -0.25) is 14.5 Å². The molecule has 4 aliphatic heterocycles. The molecule has 2 amide bonds. The predicted octanol–water partition coefficient (Wildman–Crippen LogP) is 0.822. The van der Waals surface area contributed by atoms with E-state index in [9.17, 15) is 9.59 Å². The molecule has 4 heterocycles. The highest BCUT2D eigenvalue weighted by molar-refractivity contribution is 6.10. The van der Waals surface area contributed by atoms with E-state index in [-0.39, 0.29) is 17.7 Å². The first-order valence-electron chi connectivity index (χ1n) is 9.91. The van der Waals surface area contributed by atoms with Gasteiger partial charge in [0.25, 0.3) is 5.91 Å². The van der Waals surface area contributed by atoms with Crippen LogP contribution in [0.25, 0.3) is 0 Å². The number of carbonyl (C=O) groups excluding carboxylic acids is 2. The second kappa shape index (κ2) is 6.06. The molecule has 1 aromatic carbocycles. The Morgan fingerprint density at radius 2 is 1.92 bits per heavy atom. The van der Waals surface area contributed by atoms with Crippen molar-refractivity contribution in [2.75, 3.05) is 37.6 Å². The van der Waals surface area contributed by atoms with E-state index in [1.807, 2.05) is 23.1 Å². The van der Waals surface area contributed by atoms with Crippen LogP contribution in [0.2, 0.25) is 0 Å². The fraction of sp³-hybridized carbons (Fsp3) is 0.600. The Bertz CT molecular complexity index is 751. The zero-order chi connectivity index (χ0) is 17.7. The third kappa shape index (κ3) is 2.06. The van der Waals surface area contributed by atoms with Crippen LogP contribution in [0, 0.1) is 5.92 Å². The van der Waals surface area contributed by atoms with Crippen LogP contribution in [0.3, 0.4) is 0 Å². The molecule has 0 radical (unpaired) electrons. The smallest absolute Gasteiger partial charge is 0.253 e. The van der Waals surface area contributed by atoms with Crippen molar-refractivity contribution in [3.63, 3.8) is 0 Å². The third-order valence-corrected chi connectivity index (χ3v) is 6.68. The van der Waals surface area contributed by atoms with E-state index >= 15 is 0 Å². The number of hydrogen-bond acceptors (Lipinski definition) is 4. The molecule has 0 aliphatic carbocycles. The van der Waals surface area contributed by atoms with Gasteiger partial charge < -0.3 is 15.5 Å². The SMILES string of the molecule is O=C1NCCCNCCN2C(=O)[C@@]3(c4ccccc42)[C@@H]1C[C@@H]1CCCN13. The van der Waals surface area contributed by atoms with Crippen LogP contribution in [0.4, 0.5) is 5.69 Å². The molecular weight excluding hydrogens is 328 g/mol. The van der Waals surface area contributed by atoms with E-state index in [1.165, 1.54) is 0 Å². The fourth-order valence-corrected chi connectivity index (χ4v) is 5.65. The van der Waals surface area contributed by atoms with Gasteiger partial charge in [-0.25, -0.2) is 0 Å². The fourth-order valence-electron chi connectivity index (χ4n) is 5.65. The molecule has 3 atom stereocenters. The summed E-state index contributed by atoms with van der Waals surface area (Å²) in [5, 5.41) is 6.51. The van der Waals surface area contributed by atoms with E-state index < -0.39 is 5.54 Å². The van der Waals surface area contributed by atoms with Crippen LogP contribution < -0.4 is 15.5 Å². The average Bonchev–Trinajstić information content (AvgIpc) is 3.29. The van der Waals surface area contributed by atoms with Crippen molar-refractivity contribution in [3.8, 4) is 0 Å². The van der Waals surface area contributed by atoms with Gasteiger partial charge in [0, 0.05) is 36.9 Å². The topological polar surface area (TPSA) is 64.7 Å². The highest BCUT2D eigenvalue weighted by Gasteiger charge is 2.66. The lowest BCUT2D eigenvalue weighted by Gasteiger charge is -2.37. The van der Waals surface area contributed by atoms with E-state index in [0.29, 0.717) is 19.1 Å². The molecule has 0 saturated carbocycles. The van der Waals surface area contributed by atoms with E-state index in [1.54, 1.807) is 0 Å². The molecule has 6 nitrogen and oxygen atoms in total. The van der Waals surface area contributed by atoms with Crippen molar-refractivity contribution >= 4 is 17.5 Å². The van der Waals surface area contributed by atoms with Gasteiger partial charge in [0.2, 0.25) is 5.91 Å². The Labute approximate surface area is 153 Å². The first-order valence-corrected chi connectivity index (χ1v) is 9.91. The molecule has 1 aromatic rings. The van der Waals surface area contributed by atoms with E-state index in [2.05, 4.69) is 21.6 Å². The van der Waals surface area contributed by atoms with Gasteiger partial charge in [0.15, 0.2) is 0 Å². The number of para-hydroxylation sites is 1. The van der Waals surface area contributed by atoms with Crippen LogP contribution in [-0.2, 0) is 15.1 Å². The summed E-state index contributed by atoms with van der Waals surface area (Å²) in [6, 6.07) is 8.45. The second-order valence-corrected chi connectivity index (χ2v) is 7.91. The predicted molar refractivity (Wildman–Crippen MR) is 98.8 cm³/mol. The van der Waals surface area contributed by atoms with Crippen molar-refractivity contribution in [2.45, 2.75) is 37.3 Å². The number of rotatable bonds is 0. The van der Waals surface area contributed by atoms with Gasteiger partial charge in [0.1, 0.15) is 5.54 Å². The number of carbonyl (C=O) groups is 2.